The number of rotatable bonds is 3. The first-order chi connectivity index (χ1) is 6.35. The molecule has 0 radical (unpaired) electrons. The molecule has 1 fully saturated rings. The van der Waals surface area contributed by atoms with Crippen LogP contribution in [0, 0.1) is 0 Å². The molecule has 82 valence electrons. The van der Waals surface area contributed by atoms with E-state index < -0.39 is 0 Å². The van der Waals surface area contributed by atoms with E-state index in [-0.39, 0.29) is 11.1 Å². The minimum atomic E-state index is 0.157. The summed E-state index contributed by atoms with van der Waals surface area (Å²) in [4.78, 5) is 5.05. The van der Waals surface area contributed by atoms with Crippen molar-refractivity contribution in [3.8, 4) is 0 Å². The highest BCUT2D eigenvalue weighted by Crippen LogP contribution is 2.28. The molecule has 14 heavy (non-hydrogen) atoms. The Balaban J connectivity index is 2.57. The average molecular weight is 198 g/mol. The summed E-state index contributed by atoms with van der Waals surface area (Å²) < 4.78 is 0. The van der Waals surface area contributed by atoms with Gasteiger partial charge in [0.05, 0.1) is 0 Å². The van der Waals surface area contributed by atoms with Crippen LogP contribution in [0.5, 0.6) is 0 Å². The molecule has 1 saturated heterocycles. The highest BCUT2D eigenvalue weighted by Gasteiger charge is 2.37. The van der Waals surface area contributed by atoms with Gasteiger partial charge in [-0.05, 0) is 40.5 Å². The average Bonchev–Trinajstić information content (AvgIpc) is 1.94. The van der Waals surface area contributed by atoms with Crippen molar-refractivity contribution in [3.05, 3.63) is 12.8 Å². The normalized spacial score (nSPS) is 25.7. The first-order valence-electron chi connectivity index (χ1n) is 5.16. The van der Waals surface area contributed by atoms with Crippen molar-refractivity contribution < 1.29 is 4.84 Å². The molecule has 1 aliphatic heterocycles. The Labute approximate surface area is 86.9 Å². The number of piperidine rings is 1. The minimum Gasteiger partial charge on any atom is -0.417 e. The maximum Gasteiger partial charge on any atom is 0.104 e. The molecular weight excluding hydrogens is 176 g/mol. The standard InChI is InChI=1S/C11H22N2O/c1-6-14-12-9-7-10(2,3)13-11(4,5)8-9/h6,9,12-13H,1,7-8H2,2-5H3. The lowest BCUT2D eigenvalue weighted by Crippen LogP contribution is -2.61. The molecule has 0 spiro atoms. The van der Waals surface area contributed by atoms with E-state index >= 15 is 0 Å². The van der Waals surface area contributed by atoms with Gasteiger partial charge in [-0.1, -0.05) is 6.58 Å². The molecule has 0 unspecified atom stereocenters. The molecule has 3 nitrogen and oxygen atoms in total. The Morgan fingerprint density at radius 1 is 1.29 bits per heavy atom. The highest BCUT2D eigenvalue weighted by molar-refractivity contribution is 4.98. The van der Waals surface area contributed by atoms with Crippen LogP contribution >= 0.6 is 0 Å². The second-order valence-corrected chi connectivity index (χ2v) is 5.40. The summed E-state index contributed by atoms with van der Waals surface area (Å²) in [5, 5.41) is 3.62. The van der Waals surface area contributed by atoms with Crippen LogP contribution in [0.2, 0.25) is 0 Å². The molecule has 0 saturated carbocycles. The van der Waals surface area contributed by atoms with Crippen LogP contribution < -0.4 is 10.8 Å². The summed E-state index contributed by atoms with van der Waals surface area (Å²) >= 11 is 0. The molecule has 0 bridgehead atoms. The summed E-state index contributed by atoms with van der Waals surface area (Å²) in [7, 11) is 0. The number of hydroxylamine groups is 1. The van der Waals surface area contributed by atoms with Gasteiger partial charge >= 0.3 is 0 Å². The minimum absolute atomic E-state index is 0.157. The van der Waals surface area contributed by atoms with Crippen LogP contribution in [0.3, 0.4) is 0 Å². The van der Waals surface area contributed by atoms with Gasteiger partial charge in [-0.25, -0.2) is 0 Å². The summed E-state index contributed by atoms with van der Waals surface area (Å²) in [6.45, 7) is 12.4. The van der Waals surface area contributed by atoms with Gasteiger partial charge in [0.15, 0.2) is 0 Å². The van der Waals surface area contributed by atoms with Gasteiger partial charge in [-0.2, -0.15) is 5.48 Å². The van der Waals surface area contributed by atoms with Crippen molar-refractivity contribution in [2.45, 2.75) is 57.7 Å². The fraction of sp³-hybridized carbons (Fsp3) is 0.818. The van der Waals surface area contributed by atoms with E-state index in [0.29, 0.717) is 6.04 Å². The van der Waals surface area contributed by atoms with E-state index in [9.17, 15) is 0 Å². The van der Waals surface area contributed by atoms with Crippen LogP contribution in [0.25, 0.3) is 0 Å². The van der Waals surface area contributed by atoms with Gasteiger partial charge in [0.2, 0.25) is 0 Å². The molecule has 0 aromatic rings. The quantitative estimate of drug-likeness (QED) is 0.537. The van der Waals surface area contributed by atoms with Gasteiger partial charge in [0, 0.05) is 17.1 Å². The molecule has 0 amide bonds. The van der Waals surface area contributed by atoms with Gasteiger partial charge in [0.25, 0.3) is 0 Å². The summed E-state index contributed by atoms with van der Waals surface area (Å²) in [6.07, 6.45) is 3.55. The molecule has 1 aliphatic rings. The van der Waals surface area contributed by atoms with Crippen LogP contribution in [-0.4, -0.2) is 17.1 Å². The molecule has 0 aromatic heterocycles. The first-order valence-corrected chi connectivity index (χ1v) is 5.16. The Morgan fingerprint density at radius 3 is 2.21 bits per heavy atom. The van der Waals surface area contributed by atoms with Crippen LogP contribution in [-0.2, 0) is 4.84 Å². The van der Waals surface area contributed by atoms with E-state index in [0.717, 1.165) is 12.8 Å². The zero-order chi connectivity index (χ0) is 10.8. The Kier molecular flexibility index (Phi) is 3.22. The van der Waals surface area contributed by atoms with E-state index in [2.05, 4.69) is 45.1 Å². The molecule has 0 aliphatic carbocycles. The Bertz CT molecular complexity index is 195. The highest BCUT2D eigenvalue weighted by atomic mass is 16.6. The zero-order valence-corrected chi connectivity index (χ0v) is 9.68. The predicted octanol–water partition coefficient (Wildman–Crippen LogP) is 1.96. The summed E-state index contributed by atoms with van der Waals surface area (Å²) in [6, 6.07) is 0.388. The van der Waals surface area contributed by atoms with Gasteiger partial charge < -0.3 is 10.2 Å². The molecule has 0 atom stereocenters. The Hall–Kier alpha value is -0.540. The fourth-order valence-corrected chi connectivity index (χ4v) is 2.55. The van der Waals surface area contributed by atoms with E-state index in [1.54, 1.807) is 0 Å². The first kappa shape index (κ1) is 11.5. The van der Waals surface area contributed by atoms with Crippen molar-refractivity contribution in [1.82, 2.24) is 10.8 Å². The van der Waals surface area contributed by atoms with Crippen LogP contribution in [0.1, 0.15) is 40.5 Å². The molecular formula is C11H22N2O. The smallest absolute Gasteiger partial charge is 0.104 e. The number of nitrogens with one attached hydrogen (secondary N) is 2. The third-order valence-electron chi connectivity index (χ3n) is 2.51. The van der Waals surface area contributed by atoms with E-state index in [4.69, 9.17) is 4.84 Å². The summed E-state index contributed by atoms with van der Waals surface area (Å²) in [5.41, 5.74) is 3.34. The number of hydrogen-bond acceptors (Lipinski definition) is 3. The Morgan fingerprint density at radius 2 is 1.79 bits per heavy atom. The van der Waals surface area contributed by atoms with Gasteiger partial charge in [0.1, 0.15) is 6.26 Å². The van der Waals surface area contributed by atoms with Crippen molar-refractivity contribution in [2.75, 3.05) is 0 Å². The van der Waals surface area contributed by atoms with Crippen LogP contribution in [0.4, 0.5) is 0 Å². The fourth-order valence-electron chi connectivity index (χ4n) is 2.55. The van der Waals surface area contributed by atoms with Crippen molar-refractivity contribution in [3.63, 3.8) is 0 Å². The van der Waals surface area contributed by atoms with Gasteiger partial charge in [-0.15, -0.1) is 0 Å². The number of hydrogen-bond donors (Lipinski definition) is 2. The monoisotopic (exact) mass is 198 g/mol. The molecule has 2 N–H and O–H groups in total. The maximum atomic E-state index is 5.05. The van der Waals surface area contributed by atoms with E-state index in [1.807, 2.05) is 0 Å². The van der Waals surface area contributed by atoms with Crippen molar-refractivity contribution in [2.24, 2.45) is 0 Å². The lowest BCUT2D eigenvalue weighted by atomic mass is 9.80. The predicted molar refractivity (Wildman–Crippen MR) is 58.7 cm³/mol. The molecule has 0 aromatic carbocycles. The molecule has 3 heteroatoms. The third kappa shape index (κ3) is 3.31. The van der Waals surface area contributed by atoms with Crippen LogP contribution in [0.15, 0.2) is 12.8 Å². The van der Waals surface area contributed by atoms with E-state index in [1.165, 1.54) is 6.26 Å². The van der Waals surface area contributed by atoms with Crippen molar-refractivity contribution >= 4 is 0 Å². The lowest BCUT2D eigenvalue weighted by Gasteiger charge is -2.46. The topological polar surface area (TPSA) is 33.3 Å². The third-order valence-corrected chi connectivity index (χ3v) is 2.51. The molecule has 1 heterocycles. The second kappa shape index (κ2) is 3.91. The maximum absolute atomic E-state index is 5.05. The van der Waals surface area contributed by atoms with Crippen molar-refractivity contribution in [1.29, 1.82) is 0 Å². The summed E-state index contributed by atoms with van der Waals surface area (Å²) in [5.74, 6) is 0. The zero-order valence-electron chi connectivity index (χ0n) is 9.68. The largest absolute Gasteiger partial charge is 0.417 e. The van der Waals surface area contributed by atoms with Gasteiger partial charge in [-0.3, -0.25) is 0 Å². The SMILES string of the molecule is C=CONC1CC(C)(C)NC(C)(C)C1. The second-order valence-electron chi connectivity index (χ2n) is 5.40. The molecule has 1 rings (SSSR count). The lowest BCUT2D eigenvalue weighted by molar-refractivity contribution is 0.0408.